The number of allylic oxidation sites excluding steroid dienone is 1. The van der Waals surface area contributed by atoms with Gasteiger partial charge in [0.05, 0.1) is 0 Å². The summed E-state index contributed by atoms with van der Waals surface area (Å²) in [6.45, 7) is 0. The molecule has 0 heterocycles. The monoisotopic (exact) mass is 305 g/mol. The van der Waals surface area contributed by atoms with Crippen molar-refractivity contribution in [2.24, 2.45) is 10.9 Å². The van der Waals surface area contributed by atoms with E-state index in [1.807, 2.05) is 13.3 Å². The highest BCUT2D eigenvalue weighted by molar-refractivity contribution is 14.1. The molecule has 0 spiro atoms. The fraction of sp³-hybridized carbons (Fsp3) is 0.750. The van der Waals surface area contributed by atoms with Gasteiger partial charge in [0.25, 0.3) is 0 Å². The van der Waals surface area contributed by atoms with E-state index >= 15 is 0 Å². The van der Waals surface area contributed by atoms with Crippen LogP contribution >= 0.6 is 22.6 Å². The van der Waals surface area contributed by atoms with Gasteiger partial charge in [-0.3, -0.25) is 4.99 Å². The van der Waals surface area contributed by atoms with E-state index in [0.717, 1.165) is 5.92 Å². The predicted octanol–water partition coefficient (Wildman–Crippen LogP) is 4.37. The Hall–Kier alpha value is 0.140. The molecular weight excluding hydrogens is 285 g/mol. The number of aliphatic imine (C=N–C) groups is 1. The predicted molar refractivity (Wildman–Crippen MR) is 72.3 cm³/mol. The molecule has 0 saturated heterocycles. The third-order valence-corrected chi connectivity index (χ3v) is 3.70. The summed E-state index contributed by atoms with van der Waals surface area (Å²) in [7, 11) is 1.86. The summed E-state index contributed by atoms with van der Waals surface area (Å²) in [5.41, 5.74) is 1.44. The van der Waals surface area contributed by atoms with E-state index in [2.05, 4.69) is 31.7 Å². The van der Waals surface area contributed by atoms with Crippen molar-refractivity contribution in [2.75, 3.05) is 7.05 Å². The normalized spacial score (nSPS) is 22.3. The van der Waals surface area contributed by atoms with Crippen LogP contribution in [0.15, 0.2) is 14.6 Å². The molecule has 0 bridgehead atoms. The average molecular weight is 305 g/mol. The summed E-state index contributed by atoms with van der Waals surface area (Å²) in [5.74, 6) is 0.774. The van der Waals surface area contributed by atoms with Gasteiger partial charge in [-0.25, -0.2) is 0 Å². The lowest BCUT2D eigenvalue weighted by Crippen LogP contribution is -2.07. The van der Waals surface area contributed by atoms with E-state index in [1.54, 1.807) is 0 Å². The highest BCUT2D eigenvalue weighted by atomic mass is 127. The molecule has 80 valence electrons. The van der Waals surface area contributed by atoms with Gasteiger partial charge >= 0.3 is 0 Å². The zero-order valence-corrected chi connectivity index (χ0v) is 11.2. The molecule has 0 aromatic heterocycles. The molecule has 0 aromatic rings. The summed E-state index contributed by atoms with van der Waals surface area (Å²) >= 11 is 2.34. The molecule has 1 aliphatic rings. The van der Waals surface area contributed by atoms with E-state index in [0.29, 0.717) is 0 Å². The molecule has 1 nitrogen and oxygen atoms in total. The van der Waals surface area contributed by atoms with Gasteiger partial charge in [-0.05, 0) is 28.4 Å². The zero-order valence-electron chi connectivity index (χ0n) is 9.01. The van der Waals surface area contributed by atoms with E-state index in [1.165, 1.54) is 50.5 Å². The summed E-state index contributed by atoms with van der Waals surface area (Å²) < 4.78 is 2.21. The molecule has 0 atom stereocenters. The van der Waals surface area contributed by atoms with E-state index < -0.39 is 0 Å². The molecule has 0 unspecified atom stereocenters. The van der Waals surface area contributed by atoms with Crippen molar-refractivity contribution < 1.29 is 0 Å². The fourth-order valence-electron chi connectivity index (χ4n) is 2.16. The van der Waals surface area contributed by atoms with Crippen molar-refractivity contribution in [1.82, 2.24) is 0 Å². The van der Waals surface area contributed by atoms with Gasteiger partial charge in [-0.15, -0.1) is 0 Å². The standard InChI is InChI=1S/C12H20IN/c1-14-10-12(9-13)11-7-5-3-2-4-6-8-11/h9-11H,2-8H2,1H3/b12-9+,14-10?. The maximum Gasteiger partial charge on any atom is 0.0277 e. The number of hydrogen-bond acceptors (Lipinski definition) is 1. The summed E-state index contributed by atoms with van der Waals surface area (Å²) in [6, 6.07) is 0. The second-order valence-electron chi connectivity index (χ2n) is 4.04. The highest BCUT2D eigenvalue weighted by Gasteiger charge is 2.13. The largest absolute Gasteiger partial charge is 0.296 e. The van der Waals surface area contributed by atoms with Gasteiger partial charge in [-0.2, -0.15) is 0 Å². The molecule has 0 N–H and O–H groups in total. The van der Waals surface area contributed by atoms with Crippen LogP contribution in [0.4, 0.5) is 0 Å². The molecule has 1 rings (SSSR count). The van der Waals surface area contributed by atoms with Crippen LogP contribution in [0.25, 0.3) is 0 Å². The van der Waals surface area contributed by atoms with Gasteiger partial charge in [0.2, 0.25) is 0 Å². The minimum atomic E-state index is 0.774. The average Bonchev–Trinajstić information content (AvgIpc) is 2.15. The van der Waals surface area contributed by atoms with E-state index in [9.17, 15) is 0 Å². The minimum absolute atomic E-state index is 0.774. The molecule has 2 heteroatoms. The first-order valence-corrected chi connectivity index (χ1v) is 6.85. The van der Waals surface area contributed by atoms with Gasteiger partial charge < -0.3 is 0 Å². The van der Waals surface area contributed by atoms with Crippen LogP contribution in [0.2, 0.25) is 0 Å². The number of halogens is 1. The lowest BCUT2D eigenvalue weighted by Gasteiger charge is -2.19. The van der Waals surface area contributed by atoms with Crippen LogP contribution in [0, 0.1) is 5.92 Å². The molecule has 1 fully saturated rings. The van der Waals surface area contributed by atoms with Gasteiger partial charge in [-0.1, -0.05) is 54.7 Å². The Balaban J connectivity index is 2.53. The first kappa shape index (κ1) is 12.2. The lowest BCUT2D eigenvalue weighted by atomic mass is 9.87. The molecule has 0 aliphatic heterocycles. The van der Waals surface area contributed by atoms with Crippen LogP contribution < -0.4 is 0 Å². The molecule has 14 heavy (non-hydrogen) atoms. The summed E-state index contributed by atoms with van der Waals surface area (Å²) in [4.78, 5) is 4.14. The molecule has 1 aliphatic carbocycles. The number of rotatable bonds is 2. The van der Waals surface area contributed by atoms with Crippen LogP contribution in [-0.4, -0.2) is 13.3 Å². The lowest BCUT2D eigenvalue weighted by molar-refractivity contribution is 0.429. The Bertz CT molecular complexity index is 200. The SMILES string of the molecule is CN=C/C(=C\I)C1CCCCCCC1. The van der Waals surface area contributed by atoms with Crippen LogP contribution in [0.1, 0.15) is 44.9 Å². The smallest absolute Gasteiger partial charge is 0.0277 e. The van der Waals surface area contributed by atoms with Crippen molar-refractivity contribution in [3.63, 3.8) is 0 Å². The quantitative estimate of drug-likeness (QED) is 0.531. The second kappa shape index (κ2) is 7.43. The molecule has 0 aromatic carbocycles. The first-order valence-electron chi connectivity index (χ1n) is 5.61. The molecule has 0 amide bonds. The number of nitrogens with zero attached hydrogens (tertiary/aromatic N) is 1. The van der Waals surface area contributed by atoms with E-state index in [-0.39, 0.29) is 0 Å². The summed E-state index contributed by atoms with van der Waals surface area (Å²) in [6.07, 6.45) is 11.9. The zero-order chi connectivity index (χ0) is 10.2. The molecule has 0 radical (unpaired) electrons. The fourth-order valence-corrected chi connectivity index (χ4v) is 2.83. The van der Waals surface area contributed by atoms with Crippen LogP contribution in [0.5, 0.6) is 0 Å². The summed E-state index contributed by atoms with van der Waals surface area (Å²) in [5, 5.41) is 0. The highest BCUT2D eigenvalue weighted by Crippen LogP contribution is 2.27. The minimum Gasteiger partial charge on any atom is -0.296 e. The van der Waals surface area contributed by atoms with Crippen molar-refractivity contribution in [3.05, 3.63) is 9.66 Å². The van der Waals surface area contributed by atoms with Gasteiger partial charge in [0, 0.05) is 13.3 Å². The Morgan fingerprint density at radius 1 is 1.14 bits per heavy atom. The topological polar surface area (TPSA) is 12.4 Å². The third-order valence-electron chi connectivity index (χ3n) is 2.98. The Morgan fingerprint density at radius 3 is 2.21 bits per heavy atom. The maximum atomic E-state index is 4.14. The molecule has 1 saturated carbocycles. The van der Waals surface area contributed by atoms with Crippen LogP contribution in [-0.2, 0) is 0 Å². The Labute approximate surface area is 101 Å². The van der Waals surface area contributed by atoms with Crippen molar-refractivity contribution in [3.8, 4) is 0 Å². The van der Waals surface area contributed by atoms with E-state index in [4.69, 9.17) is 0 Å². The van der Waals surface area contributed by atoms with Crippen molar-refractivity contribution >= 4 is 28.8 Å². The second-order valence-corrected chi connectivity index (χ2v) is 4.66. The maximum absolute atomic E-state index is 4.14. The Kier molecular flexibility index (Phi) is 6.48. The first-order chi connectivity index (χ1) is 6.88. The third kappa shape index (κ3) is 4.11. The van der Waals surface area contributed by atoms with Crippen LogP contribution in [0.3, 0.4) is 0 Å². The van der Waals surface area contributed by atoms with Crippen molar-refractivity contribution in [1.29, 1.82) is 0 Å². The van der Waals surface area contributed by atoms with Gasteiger partial charge in [0.15, 0.2) is 0 Å². The Morgan fingerprint density at radius 2 is 1.71 bits per heavy atom. The van der Waals surface area contributed by atoms with Crippen molar-refractivity contribution in [2.45, 2.75) is 44.9 Å². The number of hydrogen-bond donors (Lipinski definition) is 0. The van der Waals surface area contributed by atoms with Gasteiger partial charge in [0.1, 0.15) is 0 Å². The molecular formula is C12H20IN.